The number of hydrogen-bond donors (Lipinski definition) is 0. The van der Waals surface area contributed by atoms with Crippen LogP contribution < -0.4 is 9.47 Å². The Labute approximate surface area is 188 Å². The van der Waals surface area contributed by atoms with Gasteiger partial charge < -0.3 is 18.9 Å². The molecule has 0 saturated carbocycles. The van der Waals surface area contributed by atoms with Gasteiger partial charge in [0.1, 0.15) is 6.10 Å². The summed E-state index contributed by atoms with van der Waals surface area (Å²) in [5.74, 6) is 1.24. The molecule has 5 unspecified atom stereocenters. The lowest BCUT2D eigenvalue weighted by atomic mass is 9.65. The number of halogens is 1. The smallest absolute Gasteiger partial charge is 0.338 e. The number of fused-ring (bicyclic) bond motifs is 2. The summed E-state index contributed by atoms with van der Waals surface area (Å²) in [5.41, 5.74) is 2.47. The van der Waals surface area contributed by atoms with Crippen molar-refractivity contribution in [3.63, 3.8) is 0 Å². The van der Waals surface area contributed by atoms with E-state index in [1.807, 2.05) is 12.1 Å². The van der Waals surface area contributed by atoms with E-state index < -0.39 is 5.41 Å². The monoisotopic (exact) mass is 483 g/mol. The SMILES string of the molecule is COC1C=CC23c4cc5c(cc4CN(CC2OC(=O)c2ccc(Br)cc2)C3C1)OCO5. The molecule has 7 heteroatoms. The summed E-state index contributed by atoms with van der Waals surface area (Å²) >= 11 is 3.42. The molecular weight excluding hydrogens is 462 g/mol. The van der Waals surface area contributed by atoms with Gasteiger partial charge in [0, 0.05) is 30.7 Å². The van der Waals surface area contributed by atoms with E-state index in [1.54, 1.807) is 19.2 Å². The van der Waals surface area contributed by atoms with Crippen LogP contribution >= 0.6 is 15.9 Å². The van der Waals surface area contributed by atoms with Crippen molar-refractivity contribution in [2.75, 3.05) is 20.4 Å². The summed E-state index contributed by atoms with van der Waals surface area (Å²) in [4.78, 5) is 15.5. The van der Waals surface area contributed by atoms with Gasteiger partial charge in [-0.2, -0.15) is 0 Å². The molecule has 31 heavy (non-hydrogen) atoms. The minimum absolute atomic E-state index is 0.0529. The average Bonchev–Trinajstić information content (AvgIpc) is 3.33. The van der Waals surface area contributed by atoms with Gasteiger partial charge >= 0.3 is 5.97 Å². The van der Waals surface area contributed by atoms with Gasteiger partial charge in [-0.1, -0.05) is 28.1 Å². The molecule has 2 aromatic rings. The molecule has 0 spiro atoms. The minimum Gasteiger partial charge on any atom is -0.456 e. The van der Waals surface area contributed by atoms with Crippen molar-refractivity contribution < 1.29 is 23.7 Å². The van der Waals surface area contributed by atoms with Crippen LogP contribution in [-0.4, -0.2) is 49.6 Å². The quantitative estimate of drug-likeness (QED) is 0.488. The fourth-order valence-electron chi connectivity index (χ4n) is 5.58. The zero-order valence-electron chi connectivity index (χ0n) is 17.0. The van der Waals surface area contributed by atoms with Crippen molar-refractivity contribution in [2.24, 2.45) is 0 Å². The van der Waals surface area contributed by atoms with Gasteiger partial charge in [0.2, 0.25) is 6.79 Å². The van der Waals surface area contributed by atoms with Crippen LogP contribution in [0, 0.1) is 0 Å². The molecule has 0 radical (unpaired) electrons. The summed E-state index contributed by atoms with van der Waals surface area (Å²) in [7, 11) is 1.74. The van der Waals surface area contributed by atoms with E-state index >= 15 is 0 Å². The summed E-state index contributed by atoms with van der Waals surface area (Å²) < 4.78 is 24.1. The topological polar surface area (TPSA) is 57.2 Å². The molecule has 160 valence electrons. The molecule has 3 aliphatic heterocycles. The van der Waals surface area contributed by atoms with E-state index in [-0.39, 0.29) is 31.0 Å². The molecular formula is C24H22BrNO5. The Hall–Kier alpha value is -2.35. The van der Waals surface area contributed by atoms with Crippen LogP contribution in [0.5, 0.6) is 11.5 Å². The highest BCUT2D eigenvalue weighted by atomic mass is 79.9. The standard InChI is InChI=1S/C24H22BrNO5/c1-28-17-6-7-24-18-10-20-19(29-13-30-20)8-15(18)11-26(21(24)9-17)12-22(24)31-23(27)14-2-4-16(25)5-3-14/h2-8,10,17,21-22H,9,11-13H2,1H3. The molecule has 6 rings (SSSR count). The lowest BCUT2D eigenvalue weighted by molar-refractivity contribution is 0.0187. The number of hydrogen-bond acceptors (Lipinski definition) is 6. The summed E-state index contributed by atoms with van der Waals surface area (Å²) in [6, 6.07) is 11.6. The third kappa shape index (κ3) is 2.87. The zero-order chi connectivity index (χ0) is 21.2. The molecule has 0 aromatic heterocycles. The molecule has 0 amide bonds. The molecule has 0 N–H and O–H groups in total. The van der Waals surface area contributed by atoms with Crippen LogP contribution in [0.15, 0.2) is 53.0 Å². The lowest BCUT2D eigenvalue weighted by Crippen LogP contribution is -2.53. The Balaban J connectivity index is 1.43. The van der Waals surface area contributed by atoms with E-state index in [0.29, 0.717) is 12.1 Å². The third-order valence-electron chi connectivity index (χ3n) is 7.04. The Bertz CT molecular complexity index is 1080. The molecule has 1 aliphatic carbocycles. The lowest BCUT2D eigenvalue weighted by Gasteiger charge is -2.46. The second kappa shape index (κ2) is 7.08. The fourth-order valence-corrected chi connectivity index (χ4v) is 5.85. The predicted octanol–water partition coefficient (Wildman–Crippen LogP) is 3.81. The number of carbonyl (C=O) groups is 1. The average molecular weight is 484 g/mol. The van der Waals surface area contributed by atoms with Crippen molar-refractivity contribution in [1.29, 1.82) is 0 Å². The highest BCUT2D eigenvalue weighted by Crippen LogP contribution is 2.54. The van der Waals surface area contributed by atoms with Crippen LogP contribution in [0.25, 0.3) is 0 Å². The molecule has 1 fully saturated rings. The van der Waals surface area contributed by atoms with Gasteiger partial charge in [-0.05, 0) is 53.9 Å². The van der Waals surface area contributed by atoms with Crippen molar-refractivity contribution in [3.8, 4) is 11.5 Å². The van der Waals surface area contributed by atoms with Gasteiger partial charge in [-0.15, -0.1) is 0 Å². The molecule has 5 atom stereocenters. The number of benzene rings is 2. The van der Waals surface area contributed by atoms with Crippen molar-refractivity contribution >= 4 is 21.9 Å². The number of methoxy groups -OCH3 is 1. The van der Waals surface area contributed by atoms with Crippen molar-refractivity contribution in [3.05, 3.63) is 69.7 Å². The van der Waals surface area contributed by atoms with E-state index in [0.717, 1.165) is 34.5 Å². The number of esters is 1. The fraction of sp³-hybridized carbons (Fsp3) is 0.375. The normalized spacial score (nSPS) is 31.8. The highest BCUT2D eigenvalue weighted by molar-refractivity contribution is 9.10. The predicted molar refractivity (Wildman–Crippen MR) is 116 cm³/mol. The number of nitrogens with zero attached hydrogens (tertiary/aromatic N) is 1. The van der Waals surface area contributed by atoms with Crippen LogP contribution in [0.4, 0.5) is 0 Å². The summed E-state index contributed by atoms with van der Waals surface area (Å²) in [6.07, 6.45) is 4.92. The van der Waals surface area contributed by atoms with Crippen molar-refractivity contribution in [1.82, 2.24) is 4.90 Å². The second-order valence-electron chi connectivity index (χ2n) is 8.51. The molecule has 6 nitrogen and oxygen atoms in total. The Morgan fingerprint density at radius 2 is 1.97 bits per heavy atom. The molecule has 2 aromatic carbocycles. The third-order valence-corrected chi connectivity index (χ3v) is 7.57. The first-order chi connectivity index (χ1) is 15.1. The van der Waals surface area contributed by atoms with E-state index in [1.165, 1.54) is 5.56 Å². The van der Waals surface area contributed by atoms with E-state index in [2.05, 4.69) is 45.1 Å². The van der Waals surface area contributed by atoms with Crippen LogP contribution in [0.3, 0.4) is 0 Å². The first-order valence-electron chi connectivity index (χ1n) is 10.4. The molecule has 1 saturated heterocycles. The maximum Gasteiger partial charge on any atom is 0.338 e. The molecule has 3 heterocycles. The first kappa shape index (κ1) is 19.3. The van der Waals surface area contributed by atoms with Gasteiger partial charge in [-0.25, -0.2) is 4.79 Å². The Morgan fingerprint density at radius 1 is 1.19 bits per heavy atom. The Kier molecular flexibility index (Phi) is 4.42. The van der Waals surface area contributed by atoms with Crippen LogP contribution in [0.1, 0.15) is 27.9 Å². The largest absolute Gasteiger partial charge is 0.456 e. The Morgan fingerprint density at radius 3 is 2.74 bits per heavy atom. The maximum absolute atomic E-state index is 13.0. The van der Waals surface area contributed by atoms with E-state index in [4.69, 9.17) is 18.9 Å². The zero-order valence-corrected chi connectivity index (χ0v) is 18.6. The summed E-state index contributed by atoms with van der Waals surface area (Å²) in [6.45, 7) is 1.70. The first-order valence-corrected chi connectivity index (χ1v) is 11.2. The second-order valence-corrected chi connectivity index (χ2v) is 9.43. The van der Waals surface area contributed by atoms with Gasteiger partial charge in [0.25, 0.3) is 0 Å². The van der Waals surface area contributed by atoms with Gasteiger partial charge in [0.05, 0.1) is 17.1 Å². The maximum atomic E-state index is 13.0. The minimum atomic E-state index is -0.436. The van der Waals surface area contributed by atoms with Crippen molar-refractivity contribution in [2.45, 2.75) is 36.6 Å². The van der Waals surface area contributed by atoms with Gasteiger partial charge in [0.15, 0.2) is 11.5 Å². The van der Waals surface area contributed by atoms with Crippen LogP contribution in [0.2, 0.25) is 0 Å². The number of rotatable bonds is 3. The number of ether oxygens (including phenoxy) is 4. The van der Waals surface area contributed by atoms with Gasteiger partial charge in [-0.3, -0.25) is 4.90 Å². The summed E-state index contributed by atoms with van der Waals surface area (Å²) in [5, 5.41) is 0. The van der Waals surface area contributed by atoms with E-state index in [9.17, 15) is 4.79 Å². The number of carbonyl (C=O) groups excluding carboxylic acids is 1. The van der Waals surface area contributed by atoms with Crippen LogP contribution in [-0.2, 0) is 21.4 Å². The highest BCUT2D eigenvalue weighted by Gasteiger charge is 2.60. The molecule has 4 aliphatic rings. The molecule has 2 bridgehead atoms.